The third-order valence-electron chi connectivity index (χ3n) is 2.31. The standard InChI is InChI=1S/C9H8BF3N/c1-14-6-5-7-8(10(11,12)13)3-2-4-9(7)14/h2-6H,1H3/q-1. The maximum Gasteiger partial charge on any atom is 0.510 e. The molecule has 0 N–H and O–H groups in total. The Morgan fingerprint density at radius 2 is 1.86 bits per heavy atom. The van der Waals surface area contributed by atoms with Gasteiger partial charge < -0.3 is 17.5 Å². The van der Waals surface area contributed by atoms with Gasteiger partial charge in [0.15, 0.2) is 0 Å². The zero-order valence-corrected chi connectivity index (χ0v) is 7.55. The zero-order chi connectivity index (χ0) is 10.3. The predicted molar refractivity (Wildman–Crippen MR) is 51.6 cm³/mol. The van der Waals surface area contributed by atoms with Crippen LogP contribution in [0.5, 0.6) is 0 Å². The fraction of sp³-hybridized carbons (Fsp3) is 0.111. The first-order valence-electron chi connectivity index (χ1n) is 4.24. The Labute approximate surface area is 79.2 Å². The van der Waals surface area contributed by atoms with Crippen LogP contribution in [0.15, 0.2) is 30.5 Å². The number of hydrogen-bond donors (Lipinski definition) is 0. The van der Waals surface area contributed by atoms with Gasteiger partial charge in [-0.1, -0.05) is 17.6 Å². The first kappa shape index (κ1) is 9.18. The molecule has 0 aliphatic rings. The Kier molecular flexibility index (Phi) is 1.84. The van der Waals surface area contributed by atoms with E-state index >= 15 is 0 Å². The minimum Gasteiger partial charge on any atom is -0.445 e. The molecule has 1 heterocycles. The van der Waals surface area contributed by atoms with Crippen LogP contribution < -0.4 is 5.46 Å². The van der Waals surface area contributed by atoms with Crippen molar-refractivity contribution in [2.24, 2.45) is 7.05 Å². The number of nitrogens with zero attached hydrogens (tertiary/aromatic N) is 1. The molecule has 0 aliphatic carbocycles. The lowest BCUT2D eigenvalue weighted by molar-refractivity contribution is 0.502. The Hall–Kier alpha value is -1.39. The first-order chi connectivity index (χ1) is 6.50. The maximum atomic E-state index is 12.6. The molecule has 0 radical (unpaired) electrons. The van der Waals surface area contributed by atoms with Crippen molar-refractivity contribution in [1.82, 2.24) is 4.57 Å². The molecule has 74 valence electrons. The van der Waals surface area contributed by atoms with Crippen molar-refractivity contribution in [3.8, 4) is 0 Å². The summed E-state index contributed by atoms with van der Waals surface area (Å²) in [6, 6.07) is 5.75. The summed E-state index contributed by atoms with van der Waals surface area (Å²) in [6.45, 7) is -4.92. The molecule has 1 aromatic carbocycles. The van der Waals surface area contributed by atoms with Gasteiger partial charge in [-0.05, 0) is 17.5 Å². The van der Waals surface area contributed by atoms with Crippen LogP contribution in [0.25, 0.3) is 10.9 Å². The predicted octanol–water partition coefficient (Wildman–Crippen LogP) is 2.23. The molecule has 0 saturated carbocycles. The summed E-state index contributed by atoms with van der Waals surface area (Å²) in [5.41, 5.74) is 0.102. The molecule has 2 aromatic rings. The summed E-state index contributed by atoms with van der Waals surface area (Å²) >= 11 is 0. The van der Waals surface area contributed by atoms with Crippen molar-refractivity contribution in [1.29, 1.82) is 0 Å². The molecular weight excluding hydrogens is 190 g/mol. The largest absolute Gasteiger partial charge is 0.510 e. The van der Waals surface area contributed by atoms with Crippen molar-refractivity contribution < 1.29 is 12.9 Å². The average molecular weight is 198 g/mol. The van der Waals surface area contributed by atoms with Crippen molar-refractivity contribution in [2.75, 3.05) is 0 Å². The van der Waals surface area contributed by atoms with E-state index in [4.69, 9.17) is 0 Å². The van der Waals surface area contributed by atoms with E-state index in [0.717, 1.165) is 6.07 Å². The molecule has 0 bridgehead atoms. The molecule has 0 fully saturated rings. The van der Waals surface area contributed by atoms with E-state index in [1.54, 1.807) is 23.9 Å². The van der Waals surface area contributed by atoms with E-state index in [2.05, 4.69) is 0 Å². The third kappa shape index (κ3) is 1.29. The fourth-order valence-electron chi connectivity index (χ4n) is 1.61. The smallest absolute Gasteiger partial charge is 0.445 e. The van der Waals surface area contributed by atoms with E-state index in [1.165, 1.54) is 12.1 Å². The van der Waals surface area contributed by atoms with Crippen LogP contribution in [0.3, 0.4) is 0 Å². The van der Waals surface area contributed by atoms with Crippen LogP contribution in [-0.2, 0) is 7.05 Å². The van der Waals surface area contributed by atoms with Gasteiger partial charge in [-0.3, -0.25) is 0 Å². The molecule has 0 atom stereocenters. The molecule has 14 heavy (non-hydrogen) atoms. The molecule has 0 unspecified atom stereocenters. The monoisotopic (exact) mass is 198 g/mol. The highest BCUT2D eigenvalue weighted by atomic mass is 19.4. The van der Waals surface area contributed by atoms with Crippen LogP contribution in [0.4, 0.5) is 12.9 Å². The number of halogens is 3. The summed E-state index contributed by atoms with van der Waals surface area (Å²) in [5, 5.41) is 0.280. The number of aromatic nitrogens is 1. The van der Waals surface area contributed by atoms with Crippen LogP contribution in [0.1, 0.15) is 0 Å². The highest BCUT2D eigenvalue weighted by Gasteiger charge is 2.27. The van der Waals surface area contributed by atoms with Crippen LogP contribution in [0, 0.1) is 0 Å². The summed E-state index contributed by atoms with van der Waals surface area (Å²) in [7, 11) is 1.73. The van der Waals surface area contributed by atoms with Gasteiger partial charge in [0, 0.05) is 18.8 Å². The van der Waals surface area contributed by atoms with Crippen LogP contribution >= 0.6 is 0 Å². The van der Waals surface area contributed by atoms with E-state index in [9.17, 15) is 12.9 Å². The summed E-state index contributed by atoms with van der Waals surface area (Å²) < 4.78 is 39.4. The molecule has 1 aromatic heterocycles. The number of benzene rings is 1. The molecule has 1 nitrogen and oxygen atoms in total. The highest BCUT2D eigenvalue weighted by molar-refractivity contribution is 6.75. The maximum absolute atomic E-state index is 12.6. The van der Waals surface area contributed by atoms with Crippen molar-refractivity contribution in [3.05, 3.63) is 30.5 Å². The van der Waals surface area contributed by atoms with Gasteiger partial charge >= 0.3 is 6.98 Å². The lowest BCUT2D eigenvalue weighted by Gasteiger charge is -2.15. The minimum atomic E-state index is -4.92. The van der Waals surface area contributed by atoms with E-state index < -0.39 is 12.4 Å². The van der Waals surface area contributed by atoms with Crippen molar-refractivity contribution in [2.45, 2.75) is 0 Å². The van der Waals surface area contributed by atoms with Gasteiger partial charge in [-0.25, -0.2) is 0 Å². The average Bonchev–Trinajstić information content (AvgIpc) is 2.46. The zero-order valence-electron chi connectivity index (χ0n) is 7.55. The van der Waals surface area contributed by atoms with Gasteiger partial charge in [-0.15, -0.1) is 0 Å². The van der Waals surface area contributed by atoms with Crippen molar-refractivity contribution in [3.63, 3.8) is 0 Å². The summed E-state index contributed by atoms with van der Waals surface area (Å²) in [5.74, 6) is 0. The van der Waals surface area contributed by atoms with Gasteiger partial charge in [-0.2, -0.15) is 0 Å². The Morgan fingerprint density at radius 1 is 1.14 bits per heavy atom. The fourth-order valence-corrected chi connectivity index (χ4v) is 1.61. The summed E-state index contributed by atoms with van der Waals surface area (Å²) in [4.78, 5) is 0. The molecule has 0 amide bonds. The molecule has 5 heteroatoms. The molecular formula is C9H8BF3N-. The quantitative estimate of drug-likeness (QED) is 0.619. The van der Waals surface area contributed by atoms with Crippen molar-refractivity contribution >= 4 is 23.3 Å². The second-order valence-corrected chi connectivity index (χ2v) is 3.28. The van der Waals surface area contributed by atoms with E-state index in [0.29, 0.717) is 5.52 Å². The van der Waals surface area contributed by atoms with Gasteiger partial charge in [0.1, 0.15) is 0 Å². The Morgan fingerprint density at radius 3 is 2.50 bits per heavy atom. The molecule has 2 rings (SSSR count). The summed E-state index contributed by atoms with van der Waals surface area (Å²) in [6.07, 6.45) is 1.63. The topological polar surface area (TPSA) is 4.93 Å². The minimum absolute atomic E-state index is 0.280. The van der Waals surface area contributed by atoms with E-state index in [1.807, 2.05) is 0 Å². The van der Waals surface area contributed by atoms with Crippen LogP contribution in [0.2, 0.25) is 0 Å². The van der Waals surface area contributed by atoms with Crippen LogP contribution in [-0.4, -0.2) is 11.5 Å². The number of rotatable bonds is 1. The number of hydrogen-bond acceptors (Lipinski definition) is 0. The molecule has 0 spiro atoms. The van der Waals surface area contributed by atoms with Gasteiger partial charge in [0.2, 0.25) is 0 Å². The third-order valence-corrected chi connectivity index (χ3v) is 2.31. The van der Waals surface area contributed by atoms with Gasteiger partial charge in [0.25, 0.3) is 0 Å². The molecule has 0 saturated heterocycles. The number of fused-ring (bicyclic) bond motifs is 1. The van der Waals surface area contributed by atoms with Gasteiger partial charge in [0.05, 0.1) is 0 Å². The highest BCUT2D eigenvalue weighted by Crippen LogP contribution is 2.18. The lowest BCUT2D eigenvalue weighted by atomic mass is 9.78. The Balaban J connectivity index is 2.79. The van der Waals surface area contributed by atoms with E-state index in [-0.39, 0.29) is 5.39 Å². The normalized spacial score (nSPS) is 12.3. The second kappa shape index (κ2) is 2.80. The second-order valence-electron chi connectivity index (χ2n) is 3.28. The number of aryl methyl sites for hydroxylation is 1. The lowest BCUT2D eigenvalue weighted by Crippen LogP contribution is -2.34. The SMILES string of the molecule is Cn1ccc2c([B-](F)(F)F)cccc21. The first-order valence-corrected chi connectivity index (χ1v) is 4.24. The molecule has 0 aliphatic heterocycles. The Bertz CT molecular complexity index is 472.